The number of para-hydroxylation sites is 1. The Kier molecular flexibility index (Phi) is 23.9. The number of aromatic nitrogens is 1. The second-order valence-electron chi connectivity index (χ2n) is 16.2. The van der Waals surface area contributed by atoms with Gasteiger partial charge in [0.2, 0.25) is 47.3 Å². The van der Waals surface area contributed by atoms with Crippen LogP contribution in [-0.2, 0) is 51.2 Å². The summed E-state index contributed by atoms with van der Waals surface area (Å²) in [6.45, 7) is 2.06. The zero-order valence-electron chi connectivity index (χ0n) is 38.7. The number of nitrogens with zero attached hydrogens (tertiary/aromatic N) is 3. The minimum absolute atomic E-state index is 0.00568. The third kappa shape index (κ3) is 20.4. The first-order valence-corrected chi connectivity index (χ1v) is 22.7. The third-order valence-corrected chi connectivity index (χ3v) is 10.7. The highest BCUT2D eigenvalue weighted by Gasteiger charge is 2.32. The number of fused-ring (bicyclic) bond motifs is 1. The molecule has 3 atom stereocenters. The van der Waals surface area contributed by atoms with Gasteiger partial charge in [-0.25, -0.2) is 0 Å². The average Bonchev–Trinajstić information content (AvgIpc) is 3.71. The maximum Gasteiger partial charge on any atom is 0.245 e. The van der Waals surface area contributed by atoms with E-state index < -0.39 is 91.6 Å². The summed E-state index contributed by atoms with van der Waals surface area (Å²) in [6, 6.07) is 13.3. The summed E-state index contributed by atoms with van der Waals surface area (Å²) < 4.78 is 0. The Hall–Kier alpha value is -7.03. The average molecular weight is 932 g/mol. The predicted octanol–water partition coefficient (Wildman–Crippen LogP) is -0.825. The van der Waals surface area contributed by atoms with E-state index >= 15 is 0 Å². The first-order chi connectivity index (χ1) is 32.1. The molecule has 21 heteroatoms. The van der Waals surface area contributed by atoms with Crippen LogP contribution in [0.4, 0.5) is 0 Å². The van der Waals surface area contributed by atoms with Crippen LogP contribution in [0, 0.1) is 0 Å². The van der Waals surface area contributed by atoms with Crippen molar-refractivity contribution in [1.82, 2.24) is 41.4 Å². The van der Waals surface area contributed by atoms with E-state index in [4.69, 9.17) is 22.9 Å². The monoisotopic (exact) mass is 932 g/mol. The van der Waals surface area contributed by atoms with Gasteiger partial charge < -0.3 is 64.3 Å². The van der Waals surface area contributed by atoms with Crippen LogP contribution < -0.4 is 49.5 Å². The Labute approximate surface area is 391 Å². The van der Waals surface area contributed by atoms with Crippen molar-refractivity contribution in [2.24, 2.45) is 27.9 Å². The maximum absolute atomic E-state index is 14.9. The van der Waals surface area contributed by atoms with Crippen LogP contribution in [-0.4, -0.2) is 138 Å². The quantitative estimate of drug-likeness (QED) is 0.0216. The lowest BCUT2D eigenvalue weighted by Crippen LogP contribution is -2.57. The van der Waals surface area contributed by atoms with E-state index in [1.807, 2.05) is 37.4 Å². The molecule has 366 valence electrons. The molecular formula is C46H69N13O8. The molecule has 0 radical (unpaired) electrons. The number of hydrogen-bond acceptors (Lipinski definition) is 10. The molecule has 0 aliphatic rings. The van der Waals surface area contributed by atoms with Crippen LogP contribution >= 0.6 is 0 Å². The normalized spacial score (nSPS) is 12.2. The number of aromatic amines is 1. The number of unbranched alkanes of at least 4 members (excludes halogenated alkanes) is 3. The number of rotatable bonds is 31. The Balaban J connectivity index is 1.93. The van der Waals surface area contributed by atoms with Crippen LogP contribution in [0.3, 0.4) is 0 Å². The van der Waals surface area contributed by atoms with Crippen LogP contribution in [0.1, 0.15) is 76.3 Å². The number of carbonyl (C=O) groups excluding carboxylic acids is 8. The number of H-pyrrole nitrogens is 1. The molecule has 0 aliphatic heterocycles. The van der Waals surface area contributed by atoms with Crippen LogP contribution in [0.5, 0.6) is 0 Å². The van der Waals surface area contributed by atoms with Gasteiger partial charge in [0, 0.05) is 50.1 Å². The van der Waals surface area contributed by atoms with Gasteiger partial charge in [-0.1, -0.05) is 68.3 Å². The van der Waals surface area contributed by atoms with Crippen LogP contribution in [0.15, 0.2) is 65.8 Å². The zero-order valence-corrected chi connectivity index (χ0v) is 38.7. The van der Waals surface area contributed by atoms with Crippen LogP contribution in [0.2, 0.25) is 0 Å². The van der Waals surface area contributed by atoms with E-state index in [0.717, 1.165) is 22.9 Å². The Morgan fingerprint density at radius 1 is 0.701 bits per heavy atom. The minimum Gasteiger partial charge on any atom is -0.370 e. The van der Waals surface area contributed by atoms with Gasteiger partial charge in [-0.15, -0.1) is 0 Å². The van der Waals surface area contributed by atoms with Crippen molar-refractivity contribution >= 4 is 64.1 Å². The summed E-state index contributed by atoms with van der Waals surface area (Å²) in [5.41, 5.74) is 24.5. The van der Waals surface area contributed by atoms with E-state index in [2.05, 4.69) is 36.6 Å². The van der Waals surface area contributed by atoms with Crippen LogP contribution in [0.25, 0.3) is 10.9 Å². The van der Waals surface area contributed by atoms with E-state index in [9.17, 15) is 38.4 Å². The molecule has 1 heterocycles. The number of guanidine groups is 1. The molecule has 0 fully saturated rings. The summed E-state index contributed by atoms with van der Waals surface area (Å²) in [5.74, 6) is -5.01. The summed E-state index contributed by atoms with van der Waals surface area (Å²) >= 11 is 0. The molecule has 3 rings (SSSR count). The molecule has 0 bridgehead atoms. The largest absolute Gasteiger partial charge is 0.370 e. The molecule has 1 aromatic heterocycles. The number of nitrogens with one attached hydrogen (secondary N) is 6. The lowest BCUT2D eigenvalue weighted by molar-refractivity contribution is -0.144. The van der Waals surface area contributed by atoms with Crippen molar-refractivity contribution in [3.05, 3.63) is 71.9 Å². The Morgan fingerprint density at radius 2 is 1.40 bits per heavy atom. The predicted molar refractivity (Wildman–Crippen MR) is 254 cm³/mol. The fraction of sp³-hybridized carbons (Fsp3) is 0.500. The first-order valence-electron chi connectivity index (χ1n) is 22.7. The standard InChI is InChI=1S/C46H69N13O8/c1-3-4-17-36(55-31(2)60)43(65)54-28-40(62)56-37(19-10-11-21-47)44(66)57-38(25-32-14-6-5-7-15-32)45(67)59(23-13-12-22-51-46(49)50)30-42(64)58(29-41(63)53-27-39(48)61)24-20-33-26-52-35-18-9-8-16-34(33)35/h5-9,14-16,18,26,36-38,52H,3-4,10-13,17,19-25,27-30,47H2,1-2H3,(H2,48,61)(H,53,63)(H,54,65)(H,55,60)(H,56,62)(H,57,66)(H4,49,50,51)/t36-,37-,38+/m0/s1. The maximum atomic E-state index is 14.9. The van der Waals surface area contributed by atoms with Crippen molar-refractivity contribution < 1.29 is 38.4 Å². The Bertz CT molecular complexity index is 2130. The van der Waals surface area contributed by atoms with Crippen molar-refractivity contribution in [3.63, 3.8) is 0 Å². The smallest absolute Gasteiger partial charge is 0.245 e. The highest BCUT2D eigenvalue weighted by atomic mass is 16.2. The summed E-state index contributed by atoms with van der Waals surface area (Å²) in [4.78, 5) is 116. The van der Waals surface area contributed by atoms with Gasteiger partial charge >= 0.3 is 0 Å². The molecule has 8 amide bonds. The molecule has 0 saturated carbocycles. The zero-order chi connectivity index (χ0) is 49.1. The molecule has 3 aromatic rings. The molecule has 0 saturated heterocycles. The lowest BCUT2D eigenvalue weighted by Gasteiger charge is -2.31. The van der Waals surface area contributed by atoms with Gasteiger partial charge in [-0.05, 0) is 68.7 Å². The number of benzene rings is 2. The summed E-state index contributed by atoms with van der Waals surface area (Å²) in [6.07, 6.45) is 5.90. The van der Waals surface area contributed by atoms with Gasteiger partial charge in [0.1, 0.15) is 18.1 Å². The summed E-state index contributed by atoms with van der Waals surface area (Å²) in [7, 11) is 0. The number of primary amides is 1. The number of aliphatic imine (C=N–C) groups is 1. The van der Waals surface area contributed by atoms with Gasteiger partial charge in [0.15, 0.2) is 5.96 Å². The van der Waals surface area contributed by atoms with Gasteiger partial charge in [-0.2, -0.15) is 0 Å². The first kappa shape index (κ1) is 54.3. The van der Waals surface area contributed by atoms with E-state index in [0.29, 0.717) is 57.1 Å². The second kappa shape index (κ2) is 29.5. The molecule has 0 aliphatic carbocycles. The van der Waals surface area contributed by atoms with E-state index in [1.165, 1.54) is 16.7 Å². The molecule has 67 heavy (non-hydrogen) atoms. The topological polar surface area (TPSA) is 335 Å². The molecule has 21 nitrogen and oxygen atoms in total. The minimum atomic E-state index is -1.25. The van der Waals surface area contributed by atoms with E-state index in [1.54, 1.807) is 30.3 Å². The fourth-order valence-electron chi connectivity index (χ4n) is 7.22. The lowest BCUT2D eigenvalue weighted by atomic mass is 10.0. The highest BCUT2D eigenvalue weighted by Crippen LogP contribution is 2.19. The molecule has 0 spiro atoms. The van der Waals surface area contributed by atoms with Gasteiger partial charge in [0.25, 0.3) is 0 Å². The SMILES string of the molecule is CCCC[C@H](NC(C)=O)C(=O)NCC(=O)N[C@@H](CCCCN)C(=O)N[C@H](Cc1ccccc1)C(=O)N(CCCCN=C(N)N)CC(=O)N(CCc1c[nH]c2ccccc12)CC(=O)NCC(N)=O. The number of carbonyl (C=O) groups is 8. The fourth-order valence-corrected chi connectivity index (χ4v) is 7.22. The third-order valence-electron chi connectivity index (χ3n) is 10.7. The molecular weight excluding hydrogens is 863 g/mol. The van der Waals surface area contributed by atoms with Crippen molar-refractivity contribution in [2.45, 2.75) is 96.2 Å². The van der Waals surface area contributed by atoms with Crippen molar-refractivity contribution in [1.29, 1.82) is 0 Å². The van der Waals surface area contributed by atoms with Crippen molar-refractivity contribution in [3.8, 4) is 0 Å². The number of nitrogens with two attached hydrogens (primary N) is 4. The molecule has 2 aromatic carbocycles. The molecule has 14 N–H and O–H groups in total. The van der Waals surface area contributed by atoms with Gasteiger partial charge in [0.05, 0.1) is 26.2 Å². The van der Waals surface area contributed by atoms with Crippen molar-refractivity contribution in [2.75, 3.05) is 52.4 Å². The van der Waals surface area contributed by atoms with Gasteiger partial charge in [-0.3, -0.25) is 43.3 Å². The van der Waals surface area contributed by atoms with E-state index in [-0.39, 0.29) is 38.4 Å². The Morgan fingerprint density at radius 3 is 2.09 bits per heavy atom. The number of hydrogen-bond donors (Lipinski definition) is 10. The number of amides is 8. The highest BCUT2D eigenvalue weighted by molar-refractivity contribution is 5.95. The summed E-state index contributed by atoms with van der Waals surface area (Å²) in [5, 5.41) is 14.0. The second-order valence-corrected chi connectivity index (χ2v) is 16.2. The molecule has 0 unspecified atom stereocenters.